The number of nitrogens with one attached hydrogen (secondary N) is 1. The van der Waals surface area contributed by atoms with Crippen molar-refractivity contribution in [3.63, 3.8) is 0 Å². The Bertz CT molecular complexity index is 493. The van der Waals surface area contributed by atoms with Crippen molar-refractivity contribution in [2.75, 3.05) is 13.1 Å². The third-order valence-electron chi connectivity index (χ3n) is 2.79. The van der Waals surface area contributed by atoms with E-state index in [1.54, 1.807) is 18.6 Å². The molecule has 0 atom stereocenters. The first-order valence-electron chi connectivity index (χ1n) is 6.28. The highest BCUT2D eigenvalue weighted by Crippen LogP contribution is 2.19. The molecule has 2 rings (SSSR count). The third kappa shape index (κ3) is 3.17. The Labute approximate surface area is 107 Å². The van der Waals surface area contributed by atoms with Crippen molar-refractivity contribution in [2.24, 2.45) is 0 Å². The lowest BCUT2D eigenvalue weighted by Crippen LogP contribution is -2.20. The van der Waals surface area contributed by atoms with E-state index in [1.807, 2.05) is 10.6 Å². The lowest BCUT2D eigenvalue weighted by Gasteiger charge is -2.09. The SMILES string of the molecule is CCCNCCn1cncc1-c1cccc(F)c1. The maximum absolute atomic E-state index is 13.2. The molecule has 0 fully saturated rings. The molecule has 1 heterocycles. The minimum absolute atomic E-state index is 0.218. The summed E-state index contributed by atoms with van der Waals surface area (Å²) in [6.45, 7) is 4.89. The first kappa shape index (κ1) is 12.8. The van der Waals surface area contributed by atoms with E-state index in [4.69, 9.17) is 0 Å². The second kappa shape index (κ2) is 6.31. The first-order valence-corrected chi connectivity index (χ1v) is 6.28. The number of nitrogens with zero attached hydrogens (tertiary/aromatic N) is 2. The number of imidazole rings is 1. The van der Waals surface area contributed by atoms with E-state index < -0.39 is 0 Å². The van der Waals surface area contributed by atoms with Gasteiger partial charge in [-0.2, -0.15) is 0 Å². The molecule has 1 aromatic heterocycles. The van der Waals surface area contributed by atoms with E-state index in [-0.39, 0.29) is 5.82 Å². The van der Waals surface area contributed by atoms with E-state index >= 15 is 0 Å². The molecule has 96 valence electrons. The van der Waals surface area contributed by atoms with Crippen LogP contribution in [0, 0.1) is 5.82 Å². The van der Waals surface area contributed by atoms with Crippen LogP contribution in [0.4, 0.5) is 4.39 Å². The van der Waals surface area contributed by atoms with Gasteiger partial charge in [0.15, 0.2) is 0 Å². The van der Waals surface area contributed by atoms with Crippen molar-refractivity contribution in [1.82, 2.24) is 14.9 Å². The number of benzene rings is 1. The van der Waals surface area contributed by atoms with E-state index in [9.17, 15) is 4.39 Å². The van der Waals surface area contributed by atoms with Gasteiger partial charge in [-0.25, -0.2) is 9.37 Å². The summed E-state index contributed by atoms with van der Waals surface area (Å²) in [5, 5.41) is 3.34. The summed E-state index contributed by atoms with van der Waals surface area (Å²) in [5.74, 6) is -0.218. The summed E-state index contributed by atoms with van der Waals surface area (Å²) in [7, 11) is 0. The predicted molar refractivity (Wildman–Crippen MR) is 70.8 cm³/mol. The number of halogens is 1. The van der Waals surface area contributed by atoms with Gasteiger partial charge >= 0.3 is 0 Å². The number of hydrogen-bond donors (Lipinski definition) is 1. The average Bonchev–Trinajstić information content (AvgIpc) is 2.83. The van der Waals surface area contributed by atoms with Crippen LogP contribution in [0.3, 0.4) is 0 Å². The van der Waals surface area contributed by atoms with Crippen LogP contribution in [0.5, 0.6) is 0 Å². The molecular weight excluding hydrogens is 229 g/mol. The second-order valence-corrected chi connectivity index (χ2v) is 4.23. The number of aromatic nitrogens is 2. The summed E-state index contributed by atoms with van der Waals surface area (Å²) in [4.78, 5) is 4.14. The Balaban J connectivity index is 2.08. The van der Waals surface area contributed by atoms with Crippen LogP contribution in [0.1, 0.15) is 13.3 Å². The fourth-order valence-corrected chi connectivity index (χ4v) is 1.89. The largest absolute Gasteiger partial charge is 0.329 e. The molecule has 1 N–H and O–H groups in total. The van der Waals surface area contributed by atoms with Gasteiger partial charge < -0.3 is 9.88 Å². The van der Waals surface area contributed by atoms with E-state index in [2.05, 4.69) is 17.2 Å². The van der Waals surface area contributed by atoms with Crippen molar-refractivity contribution in [3.8, 4) is 11.3 Å². The van der Waals surface area contributed by atoms with Crippen LogP contribution in [0.25, 0.3) is 11.3 Å². The van der Waals surface area contributed by atoms with Gasteiger partial charge in [-0.1, -0.05) is 19.1 Å². The van der Waals surface area contributed by atoms with Crippen molar-refractivity contribution < 1.29 is 4.39 Å². The molecule has 1 aromatic carbocycles. The topological polar surface area (TPSA) is 29.9 Å². The van der Waals surface area contributed by atoms with Crippen molar-refractivity contribution in [2.45, 2.75) is 19.9 Å². The normalized spacial score (nSPS) is 10.8. The van der Waals surface area contributed by atoms with Gasteiger partial charge in [-0.05, 0) is 25.1 Å². The van der Waals surface area contributed by atoms with Gasteiger partial charge in [0.2, 0.25) is 0 Å². The van der Waals surface area contributed by atoms with Gasteiger partial charge in [0.05, 0.1) is 18.2 Å². The predicted octanol–water partition coefficient (Wildman–Crippen LogP) is 2.69. The van der Waals surface area contributed by atoms with Gasteiger partial charge in [0, 0.05) is 18.7 Å². The number of rotatable bonds is 6. The third-order valence-corrected chi connectivity index (χ3v) is 2.79. The summed E-state index contributed by atoms with van der Waals surface area (Å²) in [5.41, 5.74) is 1.82. The molecule has 0 saturated carbocycles. The molecule has 3 nitrogen and oxygen atoms in total. The molecule has 4 heteroatoms. The minimum Gasteiger partial charge on any atom is -0.329 e. The van der Waals surface area contributed by atoms with Crippen molar-refractivity contribution in [3.05, 3.63) is 42.6 Å². The fourth-order valence-electron chi connectivity index (χ4n) is 1.89. The highest BCUT2D eigenvalue weighted by Gasteiger charge is 2.05. The monoisotopic (exact) mass is 247 g/mol. The molecule has 0 spiro atoms. The zero-order valence-electron chi connectivity index (χ0n) is 10.6. The van der Waals surface area contributed by atoms with Crippen molar-refractivity contribution in [1.29, 1.82) is 0 Å². The summed E-state index contributed by atoms with van der Waals surface area (Å²) in [6, 6.07) is 6.60. The zero-order valence-corrected chi connectivity index (χ0v) is 10.6. The summed E-state index contributed by atoms with van der Waals surface area (Å²) < 4.78 is 15.2. The van der Waals surface area contributed by atoms with Crippen LogP contribution in [-0.2, 0) is 6.54 Å². The van der Waals surface area contributed by atoms with E-state index in [0.29, 0.717) is 0 Å². The Kier molecular flexibility index (Phi) is 4.47. The molecule has 2 aromatic rings. The van der Waals surface area contributed by atoms with Crippen LogP contribution in [0.15, 0.2) is 36.8 Å². The maximum atomic E-state index is 13.2. The maximum Gasteiger partial charge on any atom is 0.123 e. The Morgan fingerprint density at radius 3 is 3.00 bits per heavy atom. The molecule has 18 heavy (non-hydrogen) atoms. The van der Waals surface area contributed by atoms with Crippen molar-refractivity contribution >= 4 is 0 Å². The van der Waals surface area contributed by atoms with Gasteiger partial charge in [0.1, 0.15) is 5.82 Å². The highest BCUT2D eigenvalue weighted by atomic mass is 19.1. The highest BCUT2D eigenvalue weighted by molar-refractivity contribution is 5.58. The van der Waals surface area contributed by atoms with Crippen LogP contribution in [-0.4, -0.2) is 22.6 Å². The molecule has 0 aliphatic rings. The second-order valence-electron chi connectivity index (χ2n) is 4.23. The molecule has 0 saturated heterocycles. The smallest absolute Gasteiger partial charge is 0.123 e. The van der Waals surface area contributed by atoms with Gasteiger partial charge in [0.25, 0.3) is 0 Å². The van der Waals surface area contributed by atoms with Crippen LogP contribution >= 0.6 is 0 Å². The molecule has 0 bridgehead atoms. The van der Waals surface area contributed by atoms with Crippen LogP contribution in [0.2, 0.25) is 0 Å². The van der Waals surface area contributed by atoms with E-state index in [0.717, 1.165) is 37.3 Å². The number of hydrogen-bond acceptors (Lipinski definition) is 2. The molecule has 0 aliphatic heterocycles. The lowest BCUT2D eigenvalue weighted by molar-refractivity contribution is 0.595. The quantitative estimate of drug-likeness (QED) is 0.795. The fraction of sp³-hybridized carbons (Fsp3) is 0.357. The minimum atomic E-state index is -0.218. The zero-order chi connectivity index (χ0) is 12.8. The molecule has 0 aliphatic carbocycles. The Hall–Kier alpha value is -1.68. The average molecular weight is 247 g/mol. The summed E-state index contributed by atoms with van der Waals surface area (Å²) in [6.07, 6.45) is 4.68. The molecule has 0 radical (unpaired) electrons. The Morgan fingerprint density at radius 2 is 2.22 bits per heavy atom. The van der Waals surface area contributed by atoms with Crippen LogP contribution < -0.4 is 5.32 Å². The summed E-state index contributed by atoms with van der Waals surface area (Å²) >= 11 is 0. The van der Waals surface area contributed by atoms with Gasteiger partial charge in [-0.3, -0.25) is 0 Å². The standard InChI is InChI=1S/C14H18FN3/c1-2-6-16-7-8-18-11-17-10-14(18)12-4-3-5-13(15)9-12/h3-5,9-11,16H,2,6-8H2,1H3. The van der Waals surface area contributed by atoms with E-state index in [1.165, 1.54) is 12.1 Å². The first-order chi connectivity index (χ1) is 8.81. The molecular formula is C14H18FN3. The van der Waals surface area contributed by atoms with Gasteiger partial charge in [-0.15, -0.1) is 0 Å². The molecule has 0 amide bonds. The molecule has 0 unspecified atom stereocenters. The lowest BCUT2D eigenvalue weighted by atomic mass is 10.1. The Morgan fingerprint density at radius 1 is 1.33 bits per heavy atom.